The Morgan fingerprint density at radius 3 is 1.73 bits per heavy atom. The number of piperidine rings is 1. The van der Waals surface area contributed by atoms with Crippen molar-refractivity contribution in [1.29, 1.82) is 0 Å². The number of carbonyl (C=O) groups is 3. The third-order valence-corrected chi connectivity index (χ3v) is 13.1. The Hall–Kier alpha value is -2.43. The molecule has 2 atom stereocenters. The van der Waals surface area contributed by atoms with Gasteiger partial charge >= 0.3 is 18.1 Å². The van der Waals surface area contributed by atoms with E-state index in [2.05, 4.69) is 56.9 Å². The van der Waals surface area contributed by atoms with Crippen LogP contribution >= 0.6 is 0 Å². The van der Waals surface area contributed by atoms with Gasteiger partial charge in [-0.1, -0.05) is 161 Å². The lowest BCUT2D eigenvalue weighted by Crippen LogP contribution is -2.42. The zero-order valence-electron chi connectivity index (χ0n) is 41.7. The van der Waals surface area contributed by atoms with E-state index in [9.17, 15) is 14.4 Å². The molecule has 2 saturated heterocycles. The van der Waals surface area contributed by atoms with Crippen LogP contribution < -0.4 is 0 Å². The molecule has 64 heavy (non-hydrogen) atoms. The SMILES string of the molecule is CCCCC/C=C\C/C=C\CCCCCCCC(=O)OCC(COC(=O)CCC1OCC(CCCCCCCC)(CCCCCCCC)CO1)COC(=O)OCC1CCCN(CC)C1. The van der Waals surface area contributed by atoms with Gasteiger partial charge in [0.25, 0.3) is 0 Å². The first-order valence-electron chi connectivity index (χ1n) is 26.7. The van der Waals surface area contributed by atoms with Gasteiger partial charge in [0.1, 0.15) is 19.8 Å². The van der Waals surface area contributed by atoms with Crippen molar-refractivity contribution in [2.75, 3.05) is 59.3 Å². The summed E-state index contributed by atoms with van der Waals surface area (Å²) < 4.78 is 34.8. The molecular formula is C54H97NO9. The number of ether oxygens (including phenoxy) is 6. The molecule has 0 N–H and O–H groups in total. The summed E-state index contributed by atoms with van der Waals surface area (Å²) in [6, 6.07) is 0. The van der Waals surface area contributed by atoms with E-state index < -0.39 is 18.4 Å². The van der Waals surface area contributed by atoms with E-state index in [1.165, 1.54) is 103 Å². The Labute approximate surface area is 392 Å². The van der Waals surface area contributed by atoms with Crippen LogP contribution in [-0.4, -0.2) is 88.6 Å². The Bertz CT molecular complexity index is 1180. The van der Waals surface area contributed by atoms with E-state index in [-0.39, 0.29) is 49.5 Å². The molecule has 0 spiro atoms. The van der Waals surface area contributed by atoms with E-state index >= 15 is 0 Å². The van der Waals surface area contributed by atoms with Crippen LogP contribution in [-0.2, 0) is 38.0 Å². The van der Waals surface area contributed by atoms with Crippen molar-refractivity contribution in [2.45, 2.75) is 227 Å². The minimum Gasteiger partial charge on any atom is -0.465 e. The van der Waals surface area contributed by atoms with Crippen molar-refractivity contribution in [3.63, 3.8) is 0 Å². The van der Waals surface area contributed by atoms with Crippen LogP contribution in [0.4, 0.5) is 4.79 Å². The highest BCUT2D eigenvalue weighted by atomic mass is 16.7. The number of likely N-dealkylation sites (tertiary alicyclic amines) is 1. The van der Waals surface area contributed by atoms with Crippen molar-refractivity contribution in [3.8, 4) is 0 Å². The van der Waals surface area contributed by atoms with Crippen LogP contribution in [0.2, 0.25) is 0 Å². The van der Waals surface area contributed by atoms with Gasteiger partial charge in [-0.25, -0.2) is 4.79 Å². The lowest BCUT2D eigenvalue weighted by Gasteiger charge is -2.40. The number of nitrogens with zero attached hydrogens (tertiary/aromatic N) is 1. The number of unbranched alkanes of at least 4 members (excludes halogenated alkanes) is 18. The minimum atomic E-state index is -0.753. The predicted octanol–water partition coefficient (Wildman–Crippen LogP) is 14.0. The Balaban J connectivity index is 1.77. The average Bonchev–Trinajstić information content (AvgIpc) is 3.31. The molecular weight excluding hydrogens is 807 g/mol. The van der Waals surface area contributed by atoms with Crippen molar-refractivity contribution >= 4 is 18.1 Å². The van der Waals surface area contributed by atoms with Crippen LogP contribution in [0.15, 0.2) is 24.3 Å². The van der Waals surface area contributed by atoms with Crippen LogP contribution in [0.25, 0.3) is 0 Å². The topological polar surface area (TPSA) is 110 Å². The summed E-state index contributed by atoms with van der Waals surface area (Å²) in [5.41, 5.74) is 0.0485. The lowest BCUT2D eigenvalue weighted by molar-refractivity contribution is -0.236. The van der Waals surface area contributed by atoms with Crippen molar-refractivity contribution < 1.29 is 42.8 Å². The number of hydrogen-bond donors (Lipinski definition) is 0. The normalized spacial score (nSPS) is 17.5. The van der Waals surface area contributed by atoms with Gasteiger partial charge in [0.2, 0.25) is 0 Å². The second-order valence-electron chi connectivity index (χ2n) is 19.1. The predicted molar refractivity (Wildman–Crippen MR) is 260 cm³/mol. The maximum atomic E-state index is 13.0. The van der Waals surface area contributed by atoms with Crippen molar-refractivity contribution in [2.24, 2.45) is 17.3 Å². The van der Waals surface area contributed by atoms with Gasteiger partial charge in [-0.3, -0.25) is 9.59 Å². The molecule has 0 radical (unpaired) electrons. The van der Waals surface area contributed by atoms with Gasteiger partial charge in [0, 0.05) is 30.7 Å². The molecule has 0 amide bonds. The number of esters is 2. The summed E-state index contributed by atoms with van der Waals surface area (Å²) >= 11 is 0. The lowest BCUT2D eigenvalue weighted by atomic mass is 9.78. The van der Waals surface area contributed by atoms with Gasteiger partial charge in [0.15, 0.2) is 6.29 Å². The summed E-state index contributed by atoms with van der Waals surface area (Å²) in [5, 5.41) is 0. The summed E-state index contributed by atoms with van der Waals surface area (Å²) in [7, 11) is 0. The zero-order chi connectivity index (χ0) is 46.2. The molecule has 0 bridgehead atoms. The molecule has 2 aliphatic heterocycles. The molecule has 10 nitrogen and oxygen atoms in total. The second-order valence-corrected chi connectivity index (χ2v) is 19.1. The Morgan fingerprint density at radius 1 is 0.609 bits per heavy atom. The molecule has 2 rings (SSSR count). The molecule has 2 heterocycles. The fraction of sp³-hybridized carbons (Fsp3) is 0.870. The molecule has 0 aliphatic carbocycles. The number of rotatable bonds is 40. The Morgan fingerprint density at radius 2 is 1.12 bits per heavy atom. The summed E-state index contributed by atoms with van der Waals surface area (Å²) in [6.07, 6.45) is 40.7. The van der Waals surface area contributed by atoms with Crippen molar-refractivity contribution in [3.05, 3.63) is 24.3 Å². The molecule has 2 fully saturated rings. The molecule has 372 valence electrons. The fourth-order valence-corrected chi connectivity index (χ4v) is 8.78. The first-order chi connectivity index (χ1) is 31.3. The standard InChI is InChI=1S/C54H97NO9/c1-5-9-12-15-18-19-20-21-22-23-24-25-26-27-30-35-50(56)59-43-49(45-62-53(58)61-42-48-34-33-40-55(8-4)41-48)44-60-51(57)36-37-52-63-46-54(47-64-52,38-31-28-16-13-10-6-2)39-32-29-17-14-11-7-3/h18-19,21-22,48-49,52H,5-17,20,23-47H2,1-4H3/b19-18-,22-21-. The van der Waals surface area contributed by atoms with Gasteiger partial charge in [-0.2, -0.15) is 0 Å². The number of allylic oxidation sites excluding steroid dienone is 4. The molecule has 0 aromatic rings. The first kappa shape index (κ1) is 57.7. The highest BCUT2D eigenvalue weighted by molar-refractivity contribution is 5.69. The van der Waals surface area contributed by atoms with Crippen LogP contribution in [0.1, 0.15) is 220 Å². The average molecular weight is 904 g/mol. The zero-order valence-corrected chi connectivity index (χ0v) is 41.7. The molecule has 0 saturated carbocycles. The van der Waals surface area contributed by atoms with Gasteiger partial charge < -0.3 is 33.3 Å². The number of hydrogen-bond acceptors (Lipinski definition) is 10. The quantitative estimate of drug-likeness (QED) is 0.0255. The molecule has 2 unspecified atom stereocenters. The smallest absolute Gasteiger partial charge is 0.465 e. The monoisotopic (exact) mass is 904 g/mol. The van der Waals surface area contributed by atoms with Gasteiger partial charge in [0.05, 0.1) is 32.2 Å². The van der Waals surface area contributed by atoms with Gasteiger partial charge in [-0.05, 0) is 77.3 Å². The summed E-state index contributed by atoms with van der Waals surface area (Å²) in [5.74, 6) is -0.910. The van der Waals surface area contributed by atoms with E-state index in [0.29, 0.717) is 32.7 Å². The number of carbonyl (C=O) groups excluding carboxylic acids is 3. The third-order valence-electron chi connectivity index (χ3n) is 13.1. The van der Waals surface area contributed by atoms with Crippen LogP contribution in [0.5, 0.6) is 0 Å². The maximum absolute atomic E-state index is 13.0. The minimum absolute atomic E-state index is 0.0120. The molecule has 2 aliphatic rings. The maximum Gasteiger partial charge on any atom is 0.508 e. The van der Waals surface area contributed by atoms with E-state index in [4.69, 9.17) is 28.4 Å². The molecule has 0 aromatic heterocycles. The van der Waals surface area contributed by atoms with E-state index in [0.717, 1.165) is 90.3 Å². The highest BCUT2D eigenvalue weighted by Crippen LogP contribution is 2.37. The van der Waals surface area contributed by atoms with E-state index in [1.54, 1.807) is 0 Å². The van der Waals surface area contributed by atoms with Crippen LogP contribution in [0, 0.1) is 17.3 Å². The fourth-order valence-electron chi connectivity index (χ4n) is 8.78. The van der Waals surface area contributed by atoms with Gasteiger partial charge in [-0.15, -0.1) is 0 Å². The van der Waals surface area contributed by atoms with Crippen molar-refractivity contribution in [1.82, 2.24) is 4.90 Å². The highest BCUT2D eigenvalue weighted by Gasteiger charge is 2.36. The Kier molecular flexibility index (Phi) is 35.8. The third kappa shape index (κ3) is 30.7. The summed E-state index contributed by atoms with van der Waals surface area (Å²) in [6.45, 7) is 13.4. The summed E-state index contributed by atoms with van der Waals surface area (Å²) in [4.78, 5) is 40.7. The molecule has 10 heteroatoms. The second kappa shape index (κ2) is 39.7. The largest absolute Gasteiger partial charge is 0.508 e. The van der Waals surface area contributed by atoms with Crippen LogP contribution in [0.3, 0.4) is 0 Å². The first-order valence-corrected chi connectivity index (χ1v) is 26.7. The molecule has 0 aromatic carbocycles. The van der Waals surface area contributed by atoms with E-state index in [1.807, 2.05) is 0 Å².